The van der Waals surface area contributed by atoms with Gasteiger partial charge >= 0.3 is 5.97 Å². The quantitative estimate of drug-likeness (QED) is 0.781. The molecule has 0 radical (unpaired) electrons. The molecule has 0 saturated carbocycles. The Morgan fingerprint density at radius 1 is 1.71 bits per heavy atom. The van der Waals surface area contributed by atoms with Crippen LogP contribution in [0, 0.1) is 0 Å². The van der Waals surface area contributed by atoms with Gasteiger partial charge in [0.15, 0.2) is 5.13 Å². The molecule has 4 nitrogen and oxygen atoms in total. The first-order valence-electron chi connectivity index (χ1n) is 4.63. The van der Waals surface area contributed by atoms with Crippen molar-refractivity contribution in [2.45, 2.75) is 31.6 Å². The molecule has 1 aromatic rings. The monoisotopic (exact) mass is 212 g/mol. The maximum Gasteiger partial charge on any atom is 0.303 e. The molecule has 0 fully saturated rings. The molecule has 0 amide bonds. The second-order valence-corrected chi connectivity index (χ2v) is 4.61. The summed E-state index contributed by atoms with van der Waals surface area (Å²) in [6.45, 7) is 0. The van der Waals surface area contributed by atoms with Crippen LogP contribution in [-0.4, -0.2) is 16.1 Å². The van der Waals surface area contributed by atoms with Crippen LogP contribution in [0.25, 0.3) is 0 Å². The highest BCUT2D eigenvalue weighted by atomic mass is 32.1. The summed E-state index contributed by atoms with van der Waals surface area (Å²) in [6.07, 6.45) is 3.11. The topological polar surface area (TPSA) is 76.2 Å². The van der Waals surface area contributed by atoms with Crippen molar-refractivity contribution in [2.75, 3.05) is 5.73 Å². The van der Waals surface area contributed by atoms with Crippen molar-refractivity contribution in [3.8, 4) is 0 Å². The summed E-state index contributed by atoms with van der Waals surface area (Å²) >= 11 is 1.44. The highest BCUT2D eigenvalue weighted by molar-refractivity contribution is 7.15. The van der Waals surface area contributed by atoms with Gasteiger partial charge in [0, 0.05) is 10.8 Å². The SMILES string of the molecule is Nc1nc2c(s1)C(CC(=O)O)CCC2. The van der Waals surface area contributed by atoms with E-state index in [1.807, 2.05) is 0 Å². The van der Waals surface area contributed by atoms with E-state index in [0.29, 0.717) is 5.13 Å². The Bertz CT molecular complexity index is 362. The van der Waals surface area contributed by atoms with Crippen LogP contribution < -0.4 is 5.73 Å². The predicted molar refractivity (Wildman–Crippen MR) is 54.5 cm³/mol. The van der Waals surface area contributed by atoms with E-state index in [-0.39, 0.29) is 12.3 Å². The first-order chi connectivity index (χ1) is 6.66. The number of fused-ring (bicyclic) bond motifs is 1. The summed E-state index contributed by atoms with van der Waals surface area (Å²) in [5.74, 6) is -0.610. The van der Waals surface area contributed by atoms with Crippen molar-refractivity contribution in [3.63, 3.8) is 0 Å². The number of thiazole rings is 1. The standard InChI is InChI=1S/C9H12N2O2S/c10-9-11-6-3-1-2-5(4-7(12)13)8(6)14-9/h5H,1-4H2,(H2,10,11)(H,12,13). The van der Waals surface area contributed by atoms with Gasteiger partial charge in [0.25, 0.3) is 0 Å². The van der Waals surface area contributed by atoms with Crippen molar-refractivity contribution in [1.29, 1.82) is 0 Å². The maximum absolute atomic E-state index is 10.6. The van der Waals surface area contributed by atoms with E-state index in [0.717, 1.165) is 29.8 Å². The number of aryl methyl sites for hydroxylation is 1. The lowest BCUT2D eigenvalue weighted by Gasteiger charge is -2.18. The molecule has 3 N–H and O–H groups in total. The molecule has 1 atom stereocenters. The minimum absolute atomic E-state index is 0.131. The number of hydrogen-bond donors (Lipinski definition) is 2. The summed E-state index contributed by atoms with van der Waals surface area (Å²) in [5.41, 5.74) is 6.63. The number of hydrogen-bond acceptors (Lipinski definition) is 4. The second-order valence-electron chi connectivity index (χ2n) is 3.55. The minimum atomic E-state index is -0.741. The second kappa shape index (κ2) is 3.57. The molecule has 1 aliphatic carbocycles. The van der Waals surface area contributed by atoms with Gasteiger partial charge in [-0.15, -0.1) is 11.3 Å². The minimum Gasteiger partial charge on any atom is -0.481 e. The van der Waals surface area contributed by atoms with Gasteiger partial charge in [0.2, 0.25) is 0 Å². The number of carboxylic acid groups (broad SMARTS) is 1. The molecule has 0 aromatic carbocycles. The fourth-order valence-corrected chi connectivity index (χ4v) is 2.95. The van der Waals surface area contributed by atoms with Gasteiger partial charge < -0.3 is 10.8 Å². The highest BCUT2D eigenvalue weighted by Gasteiger charge is 2.25. The summed E-state index contributed by atoms with van der Waals surface area (Å²) in [4.78, 5) is 15.9. The predicted octanol–water partition coefficient (Wildman–Crippen LogP) is 1.62. The first kappa shape index (κ1) is 9.45. The van der Waals surface area contributed by atoms with Gasteiger partial charge in [-0.1, -0.05) is 0 Å². The summed E-state index contributed by atoms with van der Waals surface area (Å²) in [5, 5.41) is 9.31. The molecule has 2 rings (SSSR count). The van der Waals surface area contributed by atoms with Crippen molar-refractivity contribution in [2.24, 2.45) is 0 Å². The number of anilines is 1. The lowest BCUT2D eigenvalue weighted by atomic mass is 9.89. The zero-order valence-corrected chi connectivity index (χ0v) is 8.51. The van der Waals surface area contributed by atoms with Crippen LogP contribution in [0.2, 0.25) is 0 Å². The molecule has 14 heavy (non-hydrogen) atoms. The summed E-state index contributed by atoms with van der Waals surface area (Å²) in [7, 11) is 0. The van der Waals surface area contributed by atoms with Crippen LogP contribution in [0.3, 0.4) is 0 Å². The van der Waals surface area contributed by atoms with Gasteiger partial charge in [-0.25, -0.2) is 4.98 Å². The van der Waals surface area contributed by atoms with E-state index >= 15 is 0 Å². The fraction of sp³-hybridized carbons (Fsp3) is 0.556. The smallest absolute Gasteiger partial charge is 0.303 e. The Morgan fingerprint density at radius 2 is 2.50 bits per heavy atom. The summed E-state index contributed by atoms with van der Waals surface area (Å²) < 4.78 is 0. The van der Waals surface area contributed by atoms with Crippen molar-refractivity contribution in [1.82, 2.24) is 4.98 Å². The van der Waals surface area contributed by atoms with Crippen LogP contribution in [0.1, 0.15) is 35.8 Å². The third kappa shape index (κ3) is 1.72. The van der Waals surface area contributed by atoms with Crippen LogP contribution >= 0.6 is 11.3 Å². The summed E-state index contributed by atoms with van der Waals surface area (Å²) in [6, 6.07) is 0. The molecule has 1 aromatic heterocycles. The van der Waals surface area contributed by atoms with E-state index in [1.165, 1.54) is 11.3 Å². The Labute approximate surface area is 85.8 Å². The van der Waals surface area contributed by atoms with Crippen LogP contribution in [0.4, 0.5) is 5.13 Å². The molecule has 1 aliphatic rings. The highest BCUT2D eigenvalue weighted by Crippen LogP contribution is 2.38. The lowest BCUT2D eigenvalue weighted by Crippen LogP contribution is -2.11. The van der Waals surface area contributed by atoms with E-state index in [4.69, 9.17) is 10.8 Å². The molecule has 76 valence electrons. The van der Waals surface area contributed by atoms with Gasteiger partial charge in [-0.3, -0.25) is 4.79 Å². The molecular weight excluding hydrogens is 200 g/mol. The number of aliphatic carboxylic acids is 1. The average molecular weight is 212 g/mol. The number of nitrogens with two attached hydrogens (primary N) is 1. The molecule has 1 unspecified atom stereocenters. The van der Waals surface area contributed by atoms with Gasteiger partial charge in [-0.2, -0.15) is 0 Å². The maximum atomic E-state index is 10.6. The number of carboxylic acids is 1. The normalized spacial score (nSPS) is 20.4. The first-order valence-corrected chi connectivity index (χ1v) is 5.45. The number of carbonyl (C=O) groups is 1. The number of nitrogen functional groups attached to an aromatic ring is 1. The van der Waals surface area contributed by atoms with Crippen molar-refractivity contribution < 1.29 is 9.90 Å². The molecule has 0 spiro atoms. The van der Waals surface area contributed by atoms with Gasteiger partial charge in [0.1, 0.15) is 0 Å². The Balaban J connectivity index is 2.25. The van der Waals surface area contributed by atoms with Gasteiger partial charge in [-0.05, 0) is 19.3 Å². The molecule has 0 saturated heterocycles. The molecule has 5 heteroatoms. The molecule has 0 bridgehead atoms. The lowest BCUT2D eigenvalue weighted by molar-refractivity contribution is -0.137. The zero-order chi connectivity index (χ0) is 10.1. The van der Waals surface area contributed by atoms with Crippen LogP contribution in [-0.2, 0) is 11.2 Å². The average Bonchev–Trinajstić information content (AvgIpc) is 2.45. The fourth-order valence-electron chi connectivity index (χ4n) is 1.93. The Hall–Kier alpha value is -1.10. The third-order valence-electron chi connectivity index (χ3n) is 2.50. The zero-order valence-electron chi connectivity index (χ0n) is 7.69. The van der Waals surface area contributed by atoms with E-state index < -0.39 is 5.97 Å². The number of aromatic nitrogens is 1. The van der Waals surface area contributed by atoms with Crippen LogP contribution in [0.15, 0.2) is 0 Å². The van der Waals surface area contributed by atoms with E-state index in [9.17, 15) is 4.79 Å². The van der Waals surface area contributed by atoms with Crippen LogP contribution in [0.5, 0.6) is 0 Å². The van der Waals surface area contributed by atoms with E-state index in [2.05, 4.69) is 4.98 Å². The molecular formula is C9H12N2O2S. The third-order valence-corrected chi connectivity index (χ3v) is 3.59. The molecule has 0 aliphatic heterocycles. The van der Waals surface area contributed by atoms with E-state index in [1.54, 1.807) is 0 Å². The van der Waals surface area contributed by atoms with Crippen molar-refractivity contribution in [3.05, 3.63) is 10.6 Å². The number of rotatable bonds is 2. The molecule has 1 heterocycles. The Kier molecular flexibility index (Phi) is 2.41. The van der Waals surface area contributed by atoms with Crippen molar-refractivity contribution >= 4 is 22.4 Å². The van der Waals surface area contributed by atoms with Gasteiger partial charge in [0.05, 0.1) is 12.1 Å². The number of nitrogens with zero attached hydrogens (tertiary/aromatic N) is 1. The largest absolute Gasteiger partial charge is 0.481 e. The Morgan fingerprint density at radius 3 is 3.21 bits per heavy atom.